The highest BCUT2D eigenvalue weighted by molar-refractivity contribution is 5.51. The van der Waals surface area contributed by atoms with E-state index in [0.29, 0.717) is 0 Å². The molecule has 0 saturated carbocycles. The van der Waals surface area contributed by atoms with Gasteiger partial charge in [0.1, 0.15) is 0 Å². The maximum absolute atomic E-state index is 6.60. The minimum Gasteiger partial charge on any atom is -0.490 e. The molecule has 1 aromatic rings. The molecule has 3 nitrogen and oxygen atoms in total. The molecule has 0 radical (unpaired) electrons. The maximum Gasteiger partial charge on any atom is 0.203 e. The minimum absolute atomic E-state index is 0.745. The Morgan fingerprint density at radius 2 is 0.269 bits per heavy atom. The molecular formula is C90H174O3. The Kier molecular flexibility index (Phi) is 78.4. The van der Waals surface area contributed by atoms with Crippen LogP contribution in [0.1, 0.15) is 522 Å². The predicted octanol–water partition coefficient (Wildman–Crippen LogP) is 33.3. The van der Waals surface area contributed by atoms with Crippen molar-refractivity contribution in [2.45, 2.75) is 522 Å². The molecule has 0 fully saturated rings. The average molecular weight is 1300 g/mol. The van der Waals surface area contributed by atoms with Gasteiger partial charge < -0.3 is 14.2 Å². The lowest BCUT2D eigenvalue weighted by Crippen LogP contribution is -2.06. The van der Waals surface area contributed by atoms with Crippen molar-refractivity contribution < 1.29 is 14.2 Å². The van der Waals surface area contributed by atoms with E-state index in [-0.39, 0.29) is 0 Å². The van der Waals surface area contributed by atoms with Crippen molar-refractivity contribution in [3.8, 4) is 17.2 Å². The molecule has 0 N–H and O–H groups in total. The Morgan fingerprint density at radius 1 is 0.151 bits per heavy atom. The van der Waals surface area contributed by atoms with E-state index in [9.17, 15) is 0 Å². The van der Waals surface area contributed by atoms with E-state index in [1.807, 2.05) is 0 Å². The Bertz CT molecular complexity index is 1400. The van der Waals surface area contributed by atoms with Gasteiger partial charge in [-0.3, -0.25) is 0 Å². The fourth-order valence-corrected chi connectivity index (χ4v) is 14.7. The molecule has 0 bridgehead atoms. The zero-order valence-electron chi connectivity index (χ0n) is 64.7. The second kappa shape index (κ2) is 81.3. The highest BCUT2D eigenvalue weighted by Gasteiger charge is 2.14. The number of hydrogen-bond acceptors (Lipinski definition) is 3. The summed E-state index contributed by atoms with van der Waals surface area (Å²) in [6, 6.07) is 6.35. The van der Waals surface area contributed by atoms with Crippen LogP contribution in [0.2, 0.25) is 0 Å². The van der Waals surface area contributed by atoms with Crippen molar-refractivity contribution in [1.82, 2.24) is 0 Å². The molecule has 0 aromatic heterocycles. The molecule has 0 spiro atoms. The maximum atomic E-state index is 6.60. The van der Waals surface area contributed by atoms with Gasteiger partial charge in [-0.2, -0.15) is 0 Å². The minimum atomic E-state index is 0.745. The fraction of sp³-hybridized carbons (Fsp3) is 0.933. The van der Waals surface area contributed by atoms with Crippen molar-refractivity contribution >= 4 is 0 Å². The molecule has 0 aliphatic rings. The highest BCUT2D eigenvalue weighted by atomic mass is 16.5. The summed E-state index contributed by atoms with van der Waals surface area (Å²) in [6.45, 7) is 9.21. The van der Waals surface area contributed by atoms with Crippen LogP contribution in [-0.4, -0.2) is 19.8 Å². The molecule has 0 heterocycles. The zero-order chi connectivity index (χ0) is 66.3. The number of hydrogen-bond donors (Lipinski definition) is 0. The lowest BCUT2D eigenvalue weighted by molar-refractivity contribution is 0.234. The van der Waals surface area contributed by atoms with E-state index >= 15 is 0 Å². The number of rotatable bonds is 84. The topological polar surface area (TPSA) is 27.7 Å². The summed E-state index contributed by atoms with van der Waals surface area (Å²) in [4.78, 5) is 0. The third kappa shape index (κ3) is 71.7. The first-order valence-electron chi connectivity index (χ1n) is 44.3. The molecule has 93 heavy (non-hydrogen) atoms. The van der Waals surface area contributed by atoms with Gasteiger partial charge in [-0.05, 0) is 31.4 Å². The largest absolute Gasteiger partial charge is 0.490 e. The third-order valence-electron chi connectivity index (χ3n) is 21.2. The van der Waals surface area contributed by atoms with Crippen molar-refractivity contribution in [3.05, 3.63) is 18.2 Å². The van der Waals surface area contributed by atoms with Gasteiger partial charge in [0.15, 0.2) is 11.5 Å². The Morgan fingerprint density at radius 3 is 0.409 bits per heavy atom. The van der Waals surface area contributed by atoms with Crippen molar-refractivity contribution in [2.75, 3.05) is 19.8 Å². The molecule has 0 saturated heterocycles. The first-order valence-corrected chi connectivity index (χ1v) is 44.3. The molecule has 3 heteroatoms. The fourth-order valence-electron chi connectivity index (χ4n) is 14.7. The van der Waals surface area contributed by atoms with Gasteiger partial charge in [-0.15, -0.1) is 0 Å². The van der Waals surface area contributed by atoms with Crippen LogP contribution in [-0.2, 0) is 0 Å². The van der Waals surface area contributed by atoms with Gasteiger partial charge in [0.25, 0.3) is 0 Å². The van der Waals surface area contributed by atoms with Crippen LogP contribution >= 0.6 is 0 Å². The molecule has 0 unspecified atom stereocenters. The van der Waals surface area contributed by atoms with Crippen LogP contribution < -0.4 is 14.2 Å². The van der Waals surface area contributed by atoms with Crippen molar-refractivity contribution in [2.24, 2.45) is 0 Å². The Labute approximate surface area is 587 Å². The lowest BCUT2D eigenvalue weighted by atomic mass is 10.0. The van der Waals surface area contributed by atoms with Gasteiger partial charge in [0, 0.05) is 0 Å². The monoisotopic (exact) mass is 1300 g/mol. The van der Waals surface area contributed by atoms with Crippen LogP contribution in [0.25, 0.3) is 0 Å². The van der Waals surface area contributed by atoms with Crippen molar-refractivity contribution in [3.63, 3.8) is 0 Å². The first-order chi connectivity index (χ1) is 46.3. The lowest BCUT2D eigenvalue weighted by Gasteiger charge is -2.17. The van der Waals surface area contributed by atoms with Gasteiger partial charge in [0.05, 0.1) is 19.8 Å². The number of benzene rings is 1. The van der Waals surface area contributed by atoms with E-state index in [0.717, 1.165) is 56.3 Å². The van der Waals surface area contributed by atoms with Gasteiger partial charge in [-0.25, -0.2) is 0 Å². The van der Waals surface area contributed by atoms with Gasteiger partial charge >= 0.3 is 0 Å². The highest BCUT2D eigenvalue weighted by Crippen LogP contribution is 2.38. The Hall–Kier alpha value is -1.38. The summed E-state index contributed by atoms with van der Waals surface area (Å²) in [5.74, 6) is 2.61. The summed E-state index contributed by atoms with van der Waals surface area (Å²) in [5.41, 5.74) is 0. The van der Waals surface area contributed by atoms with E-state index in [1.165, 1.54) is 482 Å². The molecular weight excluding hydrogens is 1130 g/mol. The third-order valence-corrected chi connectivity index (χ3v) is 21.2. The van der Waals surface area contributed by atoms with E-state index in [1.54, 1.807) is 0 Å². The molecule has 0 aliphatic heterocycles. The van der Waals surface area contributed by atoms with E-state index < -0.39 is 0 Å². The first kappa shape index (κ1) is 89.6. The zero-order valence-corrected chi connectivity index (χ0v) is 64.7. The van der Waals surface area contributed by atoms with E-state index in [4.69, 9.17) is 14.2 Å². The number of unbranched alkanes of at least 4 members (excludes halogenated alkanes) is 75. The molecule has 0 atom stereocenters. The standard InChI is InChI=1S/C90H174O3/c1-4-7-10-13-16-19-22-25-28-31-34-37-40-43-46-49-52-55-58-61-64-67-70-73-76-79-85-91-88-83-82-84-89(92-86-80-77-74-71-68-65-62-59-56-53-50-47-44-41-38-35-32-29-26-23-20-17-14-11-8-5-2)90(88)93-87-81-78-75-72-69-66-63-60-57-54-51-48-45-42-39-36-33-30-27-24-21-18-15-12-9-6-3/h82-84H,4-81,85-87H2,1-3H3. The summed E-state index contributed by atoms with van der Waals surface area (Å²) in [5, 5.41) is 0. The molecule has 0 amide bonds. The molecule has 552 valence electrons. The van der Waals surface area contributed by atoms with Crippen LogP contribution in [0.4, 0.5) is 0 Å². The van der Waals surface area contributed by atoms with Gasteiger partial charge in [0.2, 0.25) is 5.75 Å². The summed E-state index contributed by atoms with van der Waals surface area (Å²) in [7, 11) is 0. The van der Waals surface area contributed by atoms with E-state index in [2.05, 4.69) is 39.0 Å². The number of ether oxygens (including phenoxy) is 3. The van der Waals surface area contributed by atoms with Crippen LogP contribution in [0.3, 0.4) is 0 Å². The average Bonchev–Trinajstić information content (AvgIpc) is 3.10. The van der Waals surface area contributed by atoms with Crippen LogP contribution in [0, 0.1) is 0 Å². The molecule has 1 aromatic carbocycles. The van der Waals surface area contributed by atoms with Crippen LogP contribution in [0.5, 0.6) is 17.2 Å². The second-order valence-electron chi connectivity index (χ2n) is 30.6. The molecule has 1 rings (SSSR count). The summed E-state index contributed by atoms with van der Waals surface area (Å²) in [6.07, 6.45) is 111. The smallest absolute Gasteiger partial charge is 0.203 e. The SMILES string of the molecule is CCCCCCCCCCCCCCCCCCCCCCCCCCCCOc1cccc(OCCCCCCCCCCCCCCCCCCCCCCCCCCCC)c1OCCCCCCCCCCCCCCCCCCCCCCCCCCCC. The quantitative estimate of drug-likeness (QED) is 0.0609. The molecule has 0 aliphatic carbocycles. The Balaban J connectivity index is 2.21. The normalized spacial score (nSPS) is 11.6. The van der Waals surface area contributed by atoms with Crippen LogP contribution in [0.15, 0.2) is 18.2 Å². The predicted molar refractivity (Wildman–Crippen MR) is 420 cm³/mol. The van der Waals surface area contributed by atoms with Gasteiger partial charge in [-0.1, -0.05) is 508 Å². The summed E-state index contributed by atoms with van der Waals surface area (Å²) >= 11 is 0. The second-order valence-corrected chi connectivity index (χ2v) is 30.6. The summed E-state index contributed by atoms with van der Waals surface area (Å²) < 4.78 is 19.6. The van der Waals surface area contributed by atoms with Crippen molar-refractivity contribution in [1.29, 1.82) is 0 Å². The number of para-hydroxylation sites is 1.